The molecule has 0 saturated heterocycles. The van der Waals surface area contributed by atoms with Gasteiger partial charge in [0.15, 0.2) is 0 Å². The van der Waals surface area contributed by atoms with Crippen LogP contribution >= 0.6 is 11.8 Å². The Morgan fingerprint density at radius 1 is 1.41 bits per heavy atom. The van der Waals surface area contributed by atoms with Crippen LogP contribution in [0.25, 0.3) is 0 Å². The summed E-state index contributed by atoms with van der Waals surface area (Å²) in [5.74, 6) is -0.871. The Balaban J connectivity index is 1.98. The molecule has 0 atom stereocenters. The first kappa shape index (κ1) is 13.6. The van der Waals surface area contributed by atoms with Crippen molar-refractivity contribution in [1.29, 1.82) is 0 Å². The maximum absolute atomic E-state index is 11.2. The van der Waals surface area contributed by atoms with Crippen LogP contribution in [0, 0.1) is 0 Å². The highest BCUT2D eigenvalue weighted by atomic mass is 32.2. The summed E-state index contributed by atoms with van der Waals surface area (Å²) in [6.45, 7) is 1.40. The van der Waals surface area contributed by atoms with E-state index in [2.05, 4.69) is 10.3 Å². The molecule has 1 heterocycles. The molecule has 2 N–H and O–H groups in total. The summed E-state index contributed by atoms with van der Waals surface area (Å²) in [5.41, 5.74) is 0. The summed E-state index contributed by atoms with van der Waals surface area (Å²) in [5, 5.41) is 11.1. The number of aliphatic carboxylic acids is 1. The topological polar surface area (TPSA) is 84.2 Å². The van der Waals surface area contributed by atoms with E-state index in [4.69, 9.17) is 5.11 Å². The van der Waals surface area contributed by atoms with Gasteiger partial charge in [-0.2, -0.15) is 0 Å². The second-order valence-electron chi connectivity index (χ2n) is 3.39. The standard InChI is InChI=1S/C10H15N3O3S/c14-9(6-17-7-10(15)16)12-2-1-4-13-5-3-11-8-13/h3,5,8H,1-2,4,6-7H2,(H,12,14)(H,15,16). The number of amides is 1. The predicted molar refractivity (Wildman–Crippen MR) is 64.8 cm³/mol. The molecule has 7 heteroatoms. The van der Waals surface area contributed by atoms with Gasteiger partial charge in [-0.3, -0.25) is 9.59 Å². The van der Waals surface area contributed by atoms with Crippen LogP contribution in [-0.2, 0) is 16.1 Å². The number of carboxylic acid groups (broad SMARTS) is 1. The van der Waals surface area contributed by atoms with Crippen molar-refractivity contribution in [3.63, 3.8) is 0 Å². The van der Waals surface area contributed by atoms with Crippen LogP contribution in [-0.4, -0.2) is 44.6 Å². The number of carbonyl (C=O) groups excluding carboxylic acids is 1. The van der Waals surface area contributed by atoms with E-state index in [1.54, 1.807) is 12.5 Å². The Kier molecular flexibility index (Phi) is 6.16. The molecule has 0 aromatic carbocycles. The van der Waals surface area contributed by atoms with Crippen molar-refractivity contribution in [1.82, 2.24) is 14.9 Å². The lowest BCUT2D eigenvalue weighted by Crippen LogP contribution is -2.27. The highest BCUT2D eigenvalue weighted by Crippen LogP contribution is 1.98. The van der Waals surface area contributed by atoms with Crippen molar-refractivity contribution >= 4 is 23.6 Å². The van der Waals surface area contributed by atoms with Gasteiger partial charge in [0, 0.05) is 25.5 Å². The highest BCUT2D eigenvalue weighted by Gasteiger charge is 2.03. The molecule has 6 nitrogen and oxygen atoms in total. The number of rotatable bonds is 8. The lowest BCUT2D eigenvalue weighted by Gasteiger charge is -2.05. The van der Waals surface area contributed by atoms with E-state index in [1.807, 2.05) is 10.8 Å². The number of nitrogens with one attached hydrogen (secondary N) is 1. The maximum Gasteiger partial charge on any atom is 0.313 e. The van der Waals surface area contributed by atoms with Crippen LogP contribution in [0.2, 0.25) is 0 Å². The quantitative estimate of drug-likeness (QED) is 0.650. The Morgan fingerprint density at radius 2 is 2.24 bits per heavy atom. The molecule has 0 saturated carbocycles. The zero-order chi connectivity index (χ0) is 12.5. The monoisotopic (exact) mass is 257 g/mol. The van der Waals surface area contributed by atoms with Gasteiger partial charge in [0.2, 0.25) is 5.91 Å². The molecule has 17 heavy (non-hydrogen) atoms. The SMILES string of the molecule is O=C(O)CSCC(=O)NCCCn1ccnc1. The van der Waals surface area contributed by atoms with Crippen molar-refractivity contribution in [2.45, 2.75) is 13.0 Å². The average molecular weight is 257 g/mol. The van der Waals surface area contributed by atoms with E-state index in [-0.39, 0.29) is 17.4 Å². The Bertz CT molecular complexity index is 354. The van der Waals surface area contributed by atoms with E-state index >= 15 is 0 Å². The van der Waals surface area contributed by atoms with Gasteiger partial charge in [0.25, 0.3) is 0 Å². The molecule has 0 bridgehead atoms. The molecule has 0 aliphatic heterocycles. The molecule has 0 fully saturated rings. The second-order valence-corrected chi connectivity index (χ2v) is 4.38. The fraction of sp³-hybridized carbons (Fsp3) is 0.500. The lowest BCUT2D eigenvalue weighted by molar-refractivity contribution is -0.133. The minimum Gasteiger partial charge on any atom is -0.481 e. The van der Waals surface area contributed by atoms with Gasteiger partial charge < -0.3 is 15.0 Å². The molecule has 1 aromatic heterocycles. The van der Waals surface area contributed by atoms with Gasteiger partial charge in [-0.15, -0.1) is 11.8 Å². The predicted octanol–water partition coefficient (Wildman–Crippen LogP) is 0.207. The summed E-state index contributed by atoms with van der Waals surface area (Å²) in [6.07, 6.45) is 6.13. The molecule has 0 unspecified atom stereocenters. The fourth-order valence-corrected chi connectivity index (χ4v) is 1.75. The zero-order valence-electron chi connectivity index (χ0n) is 9.33. The van der Waals surface area contributed by atoms with E-state index in [1.165, 1.54) is 0 Å². The second kappa shape index (κ2) is 7.72. The largest absolute Gasteiger partial charge is 0.481 e. The van der Waals surface area contributed by atoms with Gasteiger partial charge in [0.05, 0.1) is 17.8 Å². The minimum absolute atomic E-state index is 0.0392. The third-order valence-corrected chi connectivity index (χ3v) is 2.85. The first-order valence-electron chi connectivity index (χ1n) is 5.20. The van der Waals surface area contributed by atoms with Crippen molar-refractivity contribution in [2.24, 2.45) is 0 Å². The lowest BCUT2D eigenvalue weighted by atomic mass is 10.4. The van der Waals surface area contributed by atoms with Gasteiger partial charge in [0.1, 0.15) is 0 Å². The van der Waals surface area contributed by atoms with Crippen LogP contribution in [0.15, 0.2) is 18.7 Å². The number of nitrogens with zero attached hydrogens (tertiary/aromatic N) is 2. The average Bonchev–Trinajstić information content (AvgIpc) is 2.76. The third kappa shape index (κ3) is 6.62. The first-order chi connectivity index (χ1) is 8.18. The van der Waals surface area contributed by atoms with E-state index in [0.717, 1.165) is 24.7 Å². The van der Waals surface area contributed by atoms with Gasteiger partial charge in [-0.1, -0.05) is 0 Å². The number of thioether (sulfide) groups is 1. The number of carbonyl (C=O) groups is 2. The van der Waals surface area contributed by atoms with Gasteiger partial charge in [-0.05, 0) is 6.42 Å². The maximum atomic E-state index is 11.2. The van der Waals surface area contributed by atoms with Gasteiger partial charge >= 0.3 is 5.97 Å². The molecule has 1 amide bonds. The smallest absolute Gasteiger partial charge is 0.313 e. The van der Waals surface area contributed by atoms with Crippen molar-refractivity contribution < 1.29 is 14.7 Å². The number of hydrogen-bond donors (Lipinski definition) is 2. The summed E-state index contributed by atoms with van der Waals surface area (Å²) in [4.78, 5) is 25.4. The first-order valence-corrected chi connectivity index (χ1v) is 6.36. The Morgan fingerprint density at radius 3 is 2.88 bits per heavy atom. The summed E-state index contributed by atoms with van der Waals surface area (Å²) < 4.78 is 1.94. The minimum atomic E-state index is -0.900. The van der Waals surface area contributed by atoms with Crippen molar-refractivity contribution in [3.05, 3.63) is 18.7 Å². The van der Waals surface area contributed by atoms with Gasteiger partial charge in [-0.25, -0.2) is 4.98 Å². The third-order valence-electron chi connectivity index (χ3n) is 1.93. The number of aryl methyl sites for hydroxylation is 1. The number of carboxylic acids is 1. The zero-order valence-corrected chi connectivity index (χ0v) is 10.2. The molecular weight excluding hydrogens is 242 g/mol. The molecule has 0 aliphatic rings. The summed E-state index contributed by atoms with van der Waals surface area (Å²) in [7, 11) is 0. The molecule has 1 rings (SSSR count). The fourth-order valence-electron chi connectivity index (χ4n) is 1.19. The molecule has 1 aromatic rings. The normalized spacial score (nSPS) is 10.1. The summed E-state index contributed by atoms with van der Waals surface area (Å²) >= 11 is 1.10. The summed E-state index contributed by atoms with van der Waals surface area (Å²) in [6, 6.07) is 0. The molecular formula is C10H15N3O3S. The molecule has 0 aliphatic carbocycles. The van der Waals surface area contributed by atoms with Crippen LogP contribution in [0.5, 0.6) is 0 Å². The number of hydrogen-bond acceptors (Lipinski definition) is 4. The van der Waals surface area contributed by atoms with Crippen LogP contribution < -0.4 is 5.32 Å². The van der Waals surface area contributed by atoms with Crippen LogP contribution in [0.1, 0.15) is 6.42 Å². The number of imidazole rings is 1. The Labute approximate surface area is 103 Å². The van der Waals surface area contributed by atoms with Crippen LogP contribution in [0.3, 0.4) is 0 Å². The van der Waals surface area contributed by atoms with E-state index in [9.17, 15) is 9.59 Å². The van der Waals surface area contributed by atoms with Crippen molar-refractivity contribution in [2.75, 3.05) is 18.1 Å². The Hall–Kier alpha value is -1.50. The molecule has 0 spiro atoms. The number of aromatic nitrogens is 2. The van der Waals surface area contributed by atoms with Crippen molar-refractivity contribution in [3.8, 4) is 0 Å². The van der Waals surface area contributed by atoms with E-state index in [0.29, 0.717) is 6.54 Å². The highest BCUT2D eigenvalue weighted by molar-refractivity contribution is 8.00. The van der Waals surface area contributed by atoms with Crippen LogP contribution in [0.4, 0.5) is 0 Å². The van der Waals surface area contributed by atoms with E-state index < -0.39 is 5.97 Å². The molecule has 94 valence electrons. The molecule has 0 radical (unpaired) electrons.